The molecule has 8 heteroatoms. The van der Waals surface area contributed by atoms with Crippen molar-refractivity contribution < 1.29 is 28.9 Å². The van der Waals surface area contributed by atoms with E-state index in [1.807, 2.05) is 0 Å². The van der Waals surface area contributed by atoms with Crippen molar-refractivity contribution in [2.75, 3.05) is 0 Å². The first-order chi connectivity index (χ1) is 21.3. The van der Waals surface area contributed by atoms with Crippen LogP contribution in [-0.2, 0) is 0 Å². The van der Waals surface area contributed by atoms with Crippen LogP contribution in [0.4, 0.5) is 0 Å². The number of halogens is 1. The lowest BCUT2D eigenvalue weighted by atomic mass is 10.4. The highest BCUT2D eigenvalue weighted by Gasteiger charge is 2.44. The van der Waals surface area contributed by atoms with Crippen LogP contribution in [0.15, 0.2) is 182 Å². The molecule has 44 heavy (non-hydrogen) atoms. The van der Waals surface area contributed by atoms with E-state index in [-0.39, 0.29) is 0 Å². The van der Waals surface area contributed by atoms with Gasteiger partial charge in [-0.2, -0.15) is 0 Å². The Morgan fingerprint density at radius 3 is 0.568 bits per heavy atom. The van der Waals surface area contributed by atoms with Gasteiger partial charge in [0.15, 0.2) is 0 Å². The molecule has 0 spiro atoms. The predicted octanol–water partition coefficient (Wildman–Crippen LogP) is 1.65. The van der Waals surface area contributed by atoms with Crippen LogP contribution >= 0.6 is 14.1 Å². The number of rotatable bonds is 6. The smallest absolute Gasteiger partial charge is 0.222 e. The first-order valence-electron chi connectivity index (χ1n) is 13.8. The number of hydrogen-bond acceptors (Lipinski definition) is 4. The lowest BCUT2D eigenvalue weighted by molar-refractivity contribution is -2.00. The van der Waals surface area contributed by atoms with Crippen LogP contribution in [0.3, 0.4) is 0 Å². The summed E-state index contributed by atoms with van der Waals surface area (Å²) in [6.07, 6.45) is 0. The van der Waals surface area contributed by atoms with E-state index in [0.717, 1.165) is 0 Å². The Morgan fingerprint density at radius 1 is 0.295 bits per heavy atom. The van der Waals surface area contributed by atoms with Crippen molar-refractivity contribution in [3.63, 3.8) is 0 Å². The van der Waals surface area contributed by atoms with Gasteiger partial charge in [-0.25, -0.2) is 18.6 Å². The molecule has 0 aliphatic heterocycles. The van der Waals surface area contributed by atoms with Crippen LogP contribution < -0.4 is 54.6 Å². The average Bonchev–Trinajstić information content (AvgIpc) is 3.07. The van der Waals surface area contributed by atoms with Crippen LogP contribution in [-0.4, -0.2) is 0 Å². The van der Waals surface area contributed by atoms with Crippen molar-refractivity contribution in [3.05, 3.63) is 182 Å². The van der Waals surface area contributed by atoms with Gasteiger partial charge in [0.25, 0.3) is 0 Å². The zero-order valence-corrected chi connectivity index (χ0v) is 26.2. The molecule has 0 fully saturated rings. The van der Waals surface area contributed by atoms with Gasteiger partial charge < -0.3 is 0 Å². The summed E-state index contributed by atoms with van der Waals surface area (Å²) in [5.41, 5.74) is 0. The minimum absolute atomic E-state index is 1.26. The summed E-state index contributed by atoms with van der Waals surface area (Å²) in [5, 5.41) is 7.55. The monoisotopic (exact) mass is 637 g/mol. The zero-order valence-electron chi connectivity index (χ0n) is 23.7. The van der Waals surface area contributed by atoms with E-state index in [9.17, 15) is 0 Å². The molecule has 220 valence electrons. The van der Waals surface area contributed by atoms with E-state index in [0.29, 0.717) is 0 Å². The van der Waals surface area contributed by atoms with E-state index in [2.05, 4.69) is 182 Å². The highest BCUT2D eigenvalue weighted by atomic mass is 35.7. The fourth-order valence-electron chi connectivity index (χ4n) is 5.27. The third-order valence-electron chi connectivity index (χ3n) is 7.05. The molecule has 0 aromatic heterocycles. The third kappa shape index (κ3) is 7.04. The molecule has 0 N–H and O–H groups in total. The Balaban J connectivity index is 0.000000712. The highest BCUT2D eigenvalue weighted by molar-refractivity contribution is 7.93. The molecule has 0 aliphatic carbocycles. The molecule has 0 bridgehead atoms. The second-order valence-corrected chi connectivity index (χ2v) is 16.9. The van der Waals surface area contributed by atoms with Crippen LogP contribution in [0.1, 0.15) is 0 Å². The number of benzene rings is 6. The Bertz CT molecular complexity index is 1540. The molecule has 6 rings (SSSR count). The minimum atomic E-state index is -4.94. The maximum atomic E-state index is 8.49. The molecular formula is C36H30ClNO4P2. The van der Waals surface area contributed by atoms with Crippen molar-refractivity contribution >= 4 is 45.9 Å². The second kappa shape index (κ2) is 14.2. The summed E-state index contributed by atoms with van der Waals surface area (Å²) in [5.74, 6) is 0. The number of hydrogen-bond donors (Lipinski definition) is 0. The lowest BCUT2D eigenvalue weighted by Gasteiger charge is -2.20. The molecular weight excluding hydrogens is 608 g/mol. The quantitative estimate of drug-likeness (QED) is 0.205. The van der Waals surface area contributed by atoms with Crippen LogP contribution in [0, 0.1) is 10.2 Å². The van der Waals surface area contributed by atoms with Gasteiger partial charge in [-0.1, -0.05) is 109 Å². The molecule has 0 amide bonds. The van der Waals surface area contributed by atoms with E-state index in [1.165, 1.54) is 31.8 Å². The van der Waals surface area contributed by atoms with E-state index < -0.39 is 24.4 Å². The SMILES string of the molecule is [O-][Cl+3]([O-])([O-])[O-].c1ccc(P(=[N+]=P(c2ccccc2)(c2ccccc2)c2ccccc2)(c2ccccc2)c2ccccc2)cc1. The van der Waals surface area contributed by atoms with Gasteiger partial charge in [0.05, 0.1) is 31.8 Å². The second-order valence-electron chi connectivity index (χ2n) is 9.75. The van der Waals surface area contributed by atoms with E-state index in [4.69, 9.17) is 22.8 Å². The predicted molar refractivity (Wildman–Crippen MR) is 172 cm³/mol. The van der Waals surface area contributed by atoms with Crippen molar-refractivity contribution in [3.8, 4) is 0 Å². The molecule has 0 heterocycles. The summed E-state index contributed by atoms with van der Waals surface area (Å²) < 4.78 is 40.4. The Kier molecular flexibility index (Phi) is 10.1. The fraction of sp³-hybridized carbons (Fsp3) is 0. The number of nitrogens with zero attached hydrogens (tertiary/aromatic N) is 1. The maximum absolute atomic E-state index is 8.49. The molecule has 0 aliphatic rings. The minimum Gasteiger partial charge on any atom is -0.222 e. The van der Waals surface area contributed by atoms with E-state index >= 15 is 0 Å². The van der Waals surface area contributed by atoms with Gasteiger partial charge in [-0.05, 0) is 72.8 Å². The Morgan fingerprint density at radius 2 is 0.432 bits per heavy atom. The molecule has 0 radical (unpaired) electrons. The molecule has 0 atom stereocenters. The van der Waals surface area contributed by atoms with Crippen molar-refractivity contribution in [2.24, 2.45) is 0 Å². The summed E-state index contributed by atoms with van der Waals surface area (Å²) in [4.78, 5) is 0. The van der Waals surface area contributed by atoms with Crippen LogP contribution in [0.25, 0.3) is 0 Å². The van der Waals surface area contributed by atoms with Crippen molar-refractivity contribution in [2.45, 2.75) is 0 Å². The molecule has 6 aromatic rings. The molecule has 0 unspecified atom stereocenters. The average molecular weight is 638 g/mol. The van der Waals surface area contributed by atoms with Crippen molar-refractivity contribution in [1.29, 1.82) is 0 Å². The first-order valence-corrected chi connectivity index (χ1v) is 18.5. The standard InChI is InChI=1S/C36H30NP2.ClHO4/c1-7-19-31(20-8-1)38(32-21-9-2-10-22-32,33-23-11-3-12-24-33)37-39(34-25-13-4-14-26-34,35-27-15-5-16-28-35)36-29-17-6-18-30-36;2-1(3,4)5/h1-30H;(H,2,3,4,5)/q+1;/p-1. The van der Waals surface area contributed by atoms with Gasteiger partial charge in [0.1, 0.15) is 0 Å². The van der Waals surface area contributed by atoms with Gasteiger partial charge in [0, 0.05) is 0 Å². The topological polar surface area (TPSA) is 106 Å². The first kappa shape index (κ1) is 31.4. The summed E-state index contributed by atoms with van der Waals surface area (Å²) in [6, 6.07) is 65.7. The van der Waals surface area contributed by atoms with Crippen molar-refractivity contribution in [1.82, 2.24) is 4.17 Å². The largest absolute Gasteiger partial charge is 0.301 e. The molecule has 0 saturated heterocycles. The Labute approximate surface area is 260 Å². The summed E-state index contributed by atoms with van der Waals surface area (Å²) >= 11 is 0. The van der Waals surface area contributed by atoms with Gasteiger partial charge in [-0.15, -0.1) is 14.4 Å². The molecule has 5 nitrogen and oxygen atoms in total. The highest BCUT2D eigenvalue weighted by Crippen LogP contribution is 2.50. The van der Waals surface area contributed by atoms with Crippen LogP contribution in [0.5, 0.6) is 0 Å². The fourth-order valence-corrected chi connectivity index (χ4v) is 14.8. The van der Waals surface area contributed by atoms with Crippen LogP contribution in [0.2, 0.25) is 0 Å². The molecule has 6 aromatic carbocycles. The van der Waals surface area contributed by atoms with Gasteiger partial charge >= 0.3 is 14.1 Å². The normalized spacial score (nSPS) is 11.5. The lowest BCUT2D eigenvalue weighted by Crippen LogP contribution is -2.68. The maximum Gasteiger partial charge on any atom is 0.301 e. The van der Waals surface area contributed by atoms with Gasteiger partial charge in [0.2, 0.25) is 0 Å². The Hall–Kier alpha value is -3.98. The summed E-state index contributed by atoms with van der Waals surface area (Å²) in [7, 11) is -9.94. The third-order valence-corrected chi connectivity index (χ3v) is 15.5. The summed E-state index contributed by atoms with van der Waals surface area (Å²) in [6.45, 7) is 0. The van der Waals surface area contributed by atoms with E-state index in [1.54, 1.807) is 0 Å². The molecule has 0 saturated carbocycles. The zero-order chi connectivity index (χ0) is 30.9. The van der Waals surface area contributed by atoms with Gasteiger partial charge in [-0.3, -0.25) is 0 Å².